The van der Waals surface area contributed by atoms with Crippen LogP contribution in [0.3, 0.4) is 0 Å². The first-order valence-electron chi connectivity index (χ1n) is 7.84. The van der Waals surface area contributed by atoms with E-state index in [0.29, 0.717) is 5.82 Å². The van der Waals surface area contributed by atoms with Crippen LogP contribution in [-0.4, -0.2) is 31.5 Å². The van der Waals surface area contributed by atoms with Gasteiger partial charge in [0.1, 0.15) is 11.9 Å². The second kappa shape index (κ2) is 6.44. The average Bonchev–Trinajstić information content (AvgIpc) is 3.06. The molecule has 2 rings (SSSR count). The Morgan fingerprint density at radius 1 is 1.22 bits per heavy atom. The smallest absolute Gasteiger partial charge is 0.247 e. The van der Waals surface area contributed by atoms with E-state index in [0.717, 1.165) is 5.69 Å². The van der Waals surface area contributed by atoms with Crippen molar-refractivity contribution < 1.29 is 4.79 Å². The number of nitrogens with zero attached hydrogens (tertiary/aromatic N) is 4. The first-order valence-corrected chi connectivity index (χ1v) is 7.84. The second-order valence-corrected chi connectivity index (χ2v) is 6.95. The number of amides is 1. The Labute approximate surface area is 137 Å². The molecule has 1 atom stereocenters. The Kier molecular flexibility index (Phi) is 4.77. The number of rotatable bonds is 5. The largest absolute Gasteiger partial charge is 0.371 e. The molecule has 0 saturated heterocycles. The topological polar surface area (TPSA) is 76.8 Å². The number of carbonyl (C=O) groups is 1. The van der Waals surface area contributed by atoms with Crippen molar-refractivity contribution in [1.29, 1.82) is 0 Å². The molecule has 0 unspecified atom stereocenters. The molecule has 2 N–H and O–H groups in total. The van der Waals surface area contributed by atoms with Crippen LogP contribution in [0.15, 0.2) is 24.7 Å². The van der Waals surface area contributed by atoms with E-state index in [-0.39, 0.29) is 23.5 Å². The maximum absolute atomic E-state index is 12.4. The first-order chi connectivity index (χ1) is 10.7. The normalized spacial score (nSPS) is 13.2. The highest BCUT2D eigenvalue weighted by Crippen LogP contribution is 2.17. The van der Waals surface area contributed by atoms with Crippen molar-refractivity contribution in [2.45, 2.75) is 59.2 Å². The summed E-state index contributed by atoms with van der Waals surface area (Å²) in [7, 11) is 0. The number of nitrogens with one attached hydrogen (secondary N) is 2. The highest BCUT2D eigenvalue weighted by atomic mass is 16.2. The van der Waals surface area contributed by atoms with Gasteiger partial charge in [-0.2, -0.15) is 10.2 Å². The molecule has 0 bridgehead atoms. The molecule has 126 valence electrons. The van der Waals surface area contributed by atoms with Crippen molar-refractivity contribution in [1.82, 2.24) is 19.6 Å². The maximum Gasteiger partial charge on any atom is 0.247 e. The van der Waals surface area contributed by atoms with Gasteiger partial charge >= 0.3 is 0 Å². The summed E-state index contributed by atoms with van der Waals surface area (Å²) in [6.07, 6.45) is 5.32. The number of hydrogen-bond acceptors (Lipinski definition) is 4. The van der Waals surface area contributed by atoms with Crippen molar-refractivity contribution in [2.24, 2.45) is 0 Å². The van der Waals surface area contributed by atoms with Crippen LogP contribution in [0.25, 0.3) is 0 Å². The summed E-state index contributed by atoms with van der Waals surface area (Å²) in [4.78, 5) is 12.4. The third kappa shape index (κ3) is 4.12. The zero-order valence-electron chi connectivity index (χ0n) is 14.7. The first kappa shape index (κ1) is 17.1. The lowest BCUT2D eigenvalue weighted by atomic mass is 10.1. The molecule has 0 aliphatic carbocycles. The molecule has 0 aromatic carbocycles. The lowest BCUT2D eigenvalue weighted by Gasteiger charge is -2.19. The highest BCUT2D eigenvalue weighted by Gasteiger charge is 2.18. The van der Waals surface area contributed by atoms with Crippen molar-refractivity contribution in [3.05, 3.63) is 24.7 Å². The van der Waals surface area contributed by atoms with E-state index in [9.17, 15) is 4.79 Å². The van der Waals surface area contributed by atoms with Crippen LogP contribution in [0.1, 0.15) is 47.6 Å². The van der Waals surface area contributed by atoms with Crippen LogP contribution < -0.4 is 10.6 Å². The third-order valence-corrected chi connectivity index (χ3v) is 3.46. The van der Waals surface area contributed by atoms with E-state index < -0.39 is 0 Å². The molecule has 2 aromatic heterocycles. The van der Waals surface area contributed by atoms with Gasteiger partial charge in [-0.15, -0.1) is 0 Å². The third-order valence-electron chi connectivity index (χ3n) is 3.46. The van der Waals surface area contributed by atoms with Gasteiger partial charge in [-0.25, -0.2) is 4.68 Å². The molecule has 0 spiro atoms. The van der Waals surface area contributed by atoms with Gasteiger partial charge in [0.15, 0.2) is 0 Å². The summed E-state index contributed by atoms with van der Waals surface area (Å²) < 4.78 is 3.65. The molecule has 7 heteroatoms. The van der Waals surface area contributed by atoms with E-state index in [4.69, 9.17) is 0 Å². The molecule has 0 fully saturated rings. The fraction of sp³-hybridized carbons (Fsp3) is 0.562. The second-order valence-electron chi connectivity index (χ2n) is 6.95. The average molecular weight is 318 g/mol. The summed E-state index contributed by atoms with van der Waals surface area (Å²) >= 11 is 0. The minimum atomic E-state index is -0.386. The summed E-state index contributed by atoms with van der Waals surface area (Å²) in [6, 6.07) is 1.60. The molecule has 1 amide bonds. The van der Waals surface area contributed by atoms with Crippen LogP contribution in [-0.2, 0) is 10.3 Å². The number of aromatic nitrogens is 4. The van der Waals surface area contributed by atoms with Gasteiger partial charge in [-0.05, 0) is 41.5 Å². The van der Waals surface area contributed by atoms with Gasteiger partial charge in [0.2, 0.25) is 5.91 Å². The highest BCUT2D eigenvalue weighted by molar-refractivity contribution is 5.95. The summed E-state index contributed by atoms with van der Waals surface area (Å²) in [5, 5.41) is 14.6. The lowest BCUT2D eigenvalue weighted by molar-refractivity contribution is -0.116. The van der Waals surface area contributed by atoms with Gasteiger partial charge in [0.05, 0.1) is 23.6 Å². The standard InChI is InChI=1S/C16H26N6O/c1-11(2)22-14(7-8-17-22)20-15(23)12(3)19-13-9-18-21(10-13)16(4,5)6/h7-12,19H,1-6H3,(H,20,23)/t12-/m0/s1. The van der Waals surface area contributed by atoms with Crippen LogP contribution in [0, 0.1) is 0 Å². The van der Waals surface area contributed by atoms with Gasteiger partial charge in [0, 0.05) is 18.3 Å². The van der Waals surface area contributed by atoms with Gasteiger partial charge in [-0.1, -0.05) is 0 Å². The minimum absolute atomic E-state index is 0.0881. The molecule has 0 aliphatic rings. The lowest BCUT2D eigenvalue weighted by Crippen LogP contribution is -2.32. The van der Waals surface area contributed by atoms with Crippen LogP contribution in [0.2, 0.25) is 0 Å². The predicted molar refractivity (Wildman–Crippen MR) is 91.5 cm³/mol. The Morgan fingerprint density at radius 2 is 1.91 bits per heavy atom. The minimum Gasteiger partial charge on any atom is -0.371 e. The fourth-order valence-electron chi connectivity index (χ4n) is 2.14. The Morgan fingerprint density at radius 3 is 2.48 bits per heavy atom. The molecule has 0 saturated carbocycles. The van der Waals surface area contributed by atoms with Crippen LogP contribution in [0.4, 0.5) is 11.5 Å². The van der Waals surface area contributed by atoms with E-state index in [1.54, 1.807) is 23.1 Å². The van der Waals surface area contributed by atoms with Crippen molar-refractivity contribution in [2.75, 3.05) is 10.6 Å². The predicted octanol–water partition coefficient (Wildman–Crippen LogP) is 2.85. The molecular formula is C16H26N6O. The van der Waals surface area contributed by atoms with Crippen LogP contribution in [0.5, 0.6) is 0 Å². The zero-order valence-corrected chi connectivity index (χ0v) is 14.7. The number of carbonyl (C=O) groups excluding carboxylic acids is 1. The van der Waals surface area contributed by atoms with Crippen molar-refractivity contribution in [3.63, 3.8) is 0 Å². The fourth-order valence-corrected chi connectivity index (χ4v) is 2.14. The molecule has 2 heterocycles. The summed E-state index contributed by atoms with van der Waals surface area (Å²) in [5.41, 5.74) is 0.731. The van der Waals surface area contributed by atoms with E-state index in [1.165, 1.54) is 0 Å². The van der Waals surface area contributed by atoms with Gasteiger partial charge in [-0.3, -0.25) is 9.48 Å². The summed E-state index contributed by atoms with van der Waals surface area (Å²) in [5.74, 6) is 0.583. The van der Waals surface area contributed by atoms with Crippen molar-refractivity contribution in [3.8, 4) is 0 Å². The maximum atomic E-state index is 12.4. The molecule has 23 heavy (non-hydrogen) atoms. The van der Waals surface area contributed by atoms with Crippen molar-refractivity contribution >= 4 is 17.4 Å². The molecule has 7 nitrogen and oxygen atoms in total. The molecule has 0 aliphatic heterocycles. The SMILES string of the molecule is CC(C)n1nccc1NC(=O)[C@H](C)Nc1cnn(C(C)(C)C)c1. The Balaban J connectivity index is 2.00. The van der Waals surface area contributed by atoms with Gasteiger partial charge in [0.25, 0.3) is 0 Å². The van der Waals surface area contributed by atoms with Gasteiger partial charge < -0.3 is 10.6 Å². The van der Waals surface area contributed by atoms with E-state index in [1.807, 2.05) is 31.6 Å². The Hall–Kier alpha value is -2.31. The van der Waals surface area contributed by atoms with Crippen LogP contribution >= 0.6 is 0 Å². The number of hydrogen-bond donors (Lipinski definition) is 2. The zero-order chi connectivity index (χ0) is 17.2. The van der Waals surface area contributed by atoms with E-state index in [2.05, 4.69) is 41.6 Å². The summed E-state index contributed by atoms with van der Waals surface area (Å²) in [6.45, 7) is 12.1. The molecule has 2 aromatic rings. The number of anilines is 2. The van der Waals surface area contributed by atoms with E-state index >= 15 is 0 Å². The molecule has 0 radical (unpaired) electrons. The Bertz CT molecular complexity index is 664. The quantitative estimate of drug-likeness (QED) is 0.888. The molecular weight excluding hydrogens is 292 g/mol. The monoisotopic (exact) mass is 318 g/mol.